The van der Waals surface area contributed by atoms with Crippen LogP contribution in [-0.4, -0.2) is 5.16 Å². The molecule has 1 aromatic carbocycles. The molecule has 0 unspecified atom stereocenters. The van der Waals surface area contributed by atoms with Gasteiger partial charge in [-0.05, 0) is 0 Å². The average molecular weight is 172 g/mol. The van der Waals surface area contributed by atoms with E-state index in [1.807, 2.05) is 49.7 Å². The molecule has 0 fully saturated rings. The molecule has 0 saturated heterocycles. The van der Waals surface area contributed by atoms with Gasteiger partial charge in [-0.15, -0.1) is 0 Å². The van der Waals surface area contributed by atoms with E-state index < -0.39 is 0 Å². The van der Waals surface area contributed by atoms with Crippen LogP contribution >= 0.6 is 0 Å². The summed E-state index contributed by atoms with van der Waals surface area (Å²) in [5.74, 6) is 0.814. The summed E-state index contributed by atoms with van der Waals surface area (Å²) in [7, 11) is 0. The van der Waals surface area contributed by atoms with Crippen LogP contribution in [0.5, 0.6) is 0 Å². The van der Waals surface area contributed by atoms with Crippen LogP contribution in [0.2, 0.25) is 0 Å². The van der Waals surface area contributed by atoms with Crippen LogP contribution in [0, 0.1) is 6.42 Å². The van der Waals surface area contributed by atoms with E-state index in [9.17, 15) is 0 Å². The van der Waals surface area contributed by atoms with Crippen LogP contribution in [-0.2, 0) is 0 Å². The van der Waals surface area contributed by atoms with Crippen LogP contribution in [0.25, 0.3) is 11.3 Å². The van der Waals surface area contributed by atoms with Crippen LogP contribution in [0.3, 0.4) is 0 Å². The van der Waals surface area contributed by atoms with E-state index in [1.54, 1.807) is 0 Å². The fourth-order valence-electron chi connectivity index (χ4n) is 1.16. The molecule has 13 heavy (non-hydrogen) atoms. The third kappa shape index (κ3) is 1.61. The molecule has 1 aromatic heterocycles. The van der Waals surface area contributed by atoms with Crippen molar-refractivity contribution in [1.82, 2.24) is 5.16 Å². The Morgan fingerprint density at radius 2 is 2.00 bits per heavy atom. The third-order valence-electron chi connectivity index (χ3n) is 1.88. The summed E-state index contributed by atoms with van der Waals surface area (Å²) in [5, 5.41) is 3.88. The van der Waals surface area contributed by atoms with Gasteiger partial charge in [0.25, 0.3) is 0 Å². The lowest BCUT2D eigenvalue weighted by Gasteiger charge is -1.91. The van der Waals surface area contributed by atoms with Crippen LogP contribution in [0.4, 0.5) is 0 Å². The Balaban J connectivity index is 2.36. The molecule has 0 aliphatic carbocycles. The van der Waals surface area contributed by atoms with Crippen molar-refractivity contribution < 1.29 is 4.52 Å². The van der Waals surface area contributed by atoms with Gasteiger partial charge in [0.05, 0.1) is 5.69 Å². The zero-order valence-electron chi connectivity index (χ0n) is 7.40. The first-order chi connectivity index (χ1) is 6.40. The maximum atomic E-state index is 5.16. The van der Waals surface area contributed by atoms with Crippen LogP contribution in [0.15, 0.2) is 40.9 Å². The van der Waals surface area contributed by atoms with Crippen molar-refractivity contribution in [2.75, 3.05) is 0 Å². The summed E-state index contributed by atoms with van der Waals surface area (Å²) in [6, 6.07) is 11.9. The Morgan fingerprint density at radius 1 is 1.23 bits per heavy atom. The lowest BCUT2D eigenvalue weighted by molar-refractivity contribution is 0.428. The van der Waals surface area contributed by atoms with Crippen molar-refractivity contribution in [3.05, 3.63) is 48.5 Å². The molecule has 1 radical (unpaired) electrons. The molecule has 2 heteroatoms. The highest BCUT2D eigenvalue weighted by Crippen LogP contribution is 2.19. The van der Waals surface area contributed by atoms with Crippen molar-refractivity contribution in [2.24, 2.45) is 0 Å². The fraction of sp³-hybridized carbons (Fsp3) is 0.0909. The lowest BCUT2D eigenvalue weighted by atomic mass is 10.1. The number of rotatable bonds is 2. The molecular formula is C11H10NO. The molecule has 2 nitrogen and oxygen atoms in total. The Labute approximate surface area is 77.2 Å². The molecule has 0 amide bonds. The van der Waals surface area contributed by atoms with E-state index >= 15 is 0 Å². The maximum absolute atomic E-state index is 5.16. The topological polar surface area (TPSA) is 26.0 Å². The number of benzene rings is 1. The summed E-state index contributed by atoms with van der Waals surface area (Å²) in [6.45, 7) is 1.94. The van der Waals surface area contributed by atoms with E-state index in [0.29, 0.717) is 0 Å². The predicted octanol–water partition coefficient (Wildman–Crippen LogP) is 2.91. The van der Waals surface area contributed by atoms with Gasteiger partial charge in [0.1, 0.15) is 0 Å². The molecule has 0 spiro atoms. The van der Waals surface area contributed by atoms with Gasteiger partial charge < -0.3 is 4.52 Å². The monoisotopic (exact) mass is 172 g/mol. The van der Waals surface area contributed by atoms with Gasteiger partial charge in [-0.1, -0.05) is 42.4 Å². The molecular weight excluding hydrogens is 162 g/mol. The van der Waals surface area contributed by atoms with Crippen molar-refractivity contribution in [3.8, 4) is 11.3 Å². The van der Waals surface area contributed by atoms with Crippen molar-refractivity contribution in [2.45, 2.75) is 6.92 Å². The highest BCUT2D eigenvalue weighted by atomic mass is 16.5. The minimum absolute atomic E-state index is 0.814. The summed E-state index contributed by atoms with van der Waals surface area (Å²) < 4.78 is 5.16. The van der Waals surface area contributed by atoms with Crippen molar-refractivity contribution in [3.63, 3.8) is 0 Å². The molecule has 2 aromatic rings. The number of nitrogens with zero attached hydrogens (tertiary/aromatic N) is 1. The normalized spacial score (nSPS) is 10.2. The fourth-order valence-corrected chi connectivity index (χ4v) is 1.16. The van der Waals surface area contributed by atoms with E-state index in [1.165, 1.54) is 0 Å². The Kier molecular flexibility index (Phi) is 2.13. The second kappa shape index (κ2) is 3.44. The van der Waals surface area contributed by atoms with Gasteiger partial charge in [0.2, 0.25) is 0 Å². The largest absolute Gasteiger partial charge is 0.356 e. The highest BCUT2D eigenvalue weighted by Gasteiger charge is 2.03. The van der Waals surface area contributed by atoms with E-state index in [0.717, 1.165) is 17.0 Å². The Morgan fingerprint density at radius 3 is 2.62 bits per heavy atom. The van der Waals surface area contributed by atoms with E-state index in [2.05, 4.69) is 5.16 Å². The zero-order chi connectivity index (χ0) is 9.10. The van der Waals surface area contributed by atoms with Crippen LogP contribution < -0.4 is 0 Å². The summed E-state index contributed by atoms with van der Waals surface area (Å²) in [5.41, 5.74) is 1.93. The van der Waals surface area contributed by atoms with Gasteiger partial charge in [-0.3, -0.25) is 0 Å². The molecule has 65 valence electrons. The number of hydrogen-bond acceptors (Lipinski definition) is 2. The molecule has 0 N–H and O–H groups in total. The van der Waals surface area contributed by atoms with Crippen molar-refractivity contribution >= 4 is 0 Å². The average Bonchev–Trinajstić information content (AvgIpc) is 2.67. The lowest BCUT2D eigenvalue weighted by Crippen LogP contribution is -1.71. The summed E-state index contributed by atoms with van der Waals surface area (Å²) in [6.07, 6.45) is 1.91. The Hall–Kier alpha value is -1.57. The standard InChI is InChI=1S/C11H10NO/c1-2-10-8-11(13-12-10)9-6-4-3-5-7-9/h2-8H,1H3. The Bertz CT molecular complexity index is 378. The smallest absolute Gasteiger partial charge is 0.167 e. The van der Waals surface area contributed by atoms with E-state index in [-0.39, 0.29) is 0 Å². The molecule has 2 rings (SSSR count). The molecule has 0 aliphatic heterocycles. The minimum atomic E-state index is 0.814. The number of aromatic nitrogens is 1. The molecule has 0 saturated carbocycles. The highest BCUT2D eigenvalue weighted by molar-refractivity contribution is 5.57. The molecule has 0 atom stereocenters. The van der Waals surface area contributed by atoms with Crippen LogP contribution in [0.1, 0.15) is 12.6 Å². The first kappa shape index (κ1) is 8.05. The van der Waals surface area contributed by atoms with Gasteiger partial charge in [-0.2, -0.15) is 0 Å². The zero-order valence-corrected chi connectivity index (χ0v) is 7.40. The SMILES string of the molecule is C[CH]c1cc(-c2ccccc2)on1. The van der Waals surface area contributed by atoms with Gasteiger partial charge >= 0.3 is 0 Å². The van der Waals surface area contributed by atoms with Gasteiger partial charge in [0.15, 0.2) is 5.76 Å². The molecule has 1 heterocycles. The summed E-state index contributed by atoms with van der Waals surface area (Å²) >= 11 is 0. The van der Waals surface area contributed by atoms with E-state index in [4.69, 9.17) is 4.52 Å². The number of hydrogen-bond donors (Lipinski definition) is 0. The maximum Gasteiger partial charge on any atom is 0.167 e. The second-order valence-corrected chi connectivity index (χ2v) is 2.77. The molecule has 0 bridgehead atoms. The van der Waals surface area contributed by atoms with Gasteiger partial charge in [0, 0.05) is 18.1 Å². The molecule has 0 aliphatic rings. The minimum Gasteiger partial charge on any atom is -0.356 e. The summed E-state index contributed by atoms with van der Waals surface area (Å²) in [4.78, 5) is 0. The second-order valence-electron chi connectivity index (χ2n) is 2.77. The predicted molar refractivity (Wildman–Crippen MR) is 51.0 cm³/mol. The third-order valence-corrected chi connectivity index (χ3v) is 1.88. The van der Waals surface area contributed by atoms with Crippen molar-refractivity contribution in [1.29, 1.82) is 0 Å². The van der Waals surface area contributed by atoms with Gasteiger partial charge in [-0.25, -0.2) is 0 Å². The quantitative estimate of drug-likeness (QED) is 0.696. The first-order valence-corrected chi connectivity index (χ1v) is 4.21. The first-order valence-electron chi connectivity index (χ1n) is 4.21.